The van der Waals surface area contributed by atoms with E-state index in [1.165, 1.54) is 7.11 Å². The van der Waals surface area contributed by atoms with Crippen LogP contribution in [0.2, 0.25) is 0 Å². The highest BCUT2D eigenvalue weighted by atomic mass is 16.5. The van der Waals surface area contributed by atoms with Crippen molar-refractivity contribution in [3.8, 4) is 0 Å². The molecule has 0 aliphatic carbocycles. The van der Waals surface area contributed by atoms with Crippen molar-refractivity contribution in [2.45, 2.75) is 13.3 Å². The first-order valence-corrected chi connectivity index (χ1v) is 2.84. The maximum Gasteiger partial charge on any atom is 0.314 e. The van der Waals surface area contributed by atoms with E-state index in [0.717, 1.165) is 6.21 Å². The molecule has 0 unspecified atom stereocenters. The molecule has 1 atom stereocenters. The van der Waals surface area contributed by atoms with E-state index in [-0.39, 0.29) is 11.9 Å². The number of carbonyl (C=O) groups is 1. The van der Waals surface area contributed by atoms with Crippen molar-refractivity contribution < 1.29 is 9.53 Å². The molecule has 0 saturated heterocycles. The Hall–Kier alpha value is -0.860. The normalized spacial score (nSPS) is 12.2. The highest BCUT2D eigenvalue weighted by molar-refractivity contribution is 5.88. The maximum atomic E-state index is 10.6. The Kier molecular flexibility index (Phi) is 3.67. The third-order valence-corrected chi connectivity index (χ3v) is 1.14. The van der Waals surface area contributed by atoms with Gasteiger partial charge >= 0.3 is 5.97 Å². The number of esters is 1. The van der Waals surface area contributed by atoms with E-state index in [9.17, 15) is 4.79 Å². The van der Waals surface area contributed by atoms with Crippen molar-refractivity contribution in [3.05, 3.63) is 0 Å². The summed E-state index contributed by atoms with van der Waals surface area (Å²) in [6.07, 6.45) is 1.74. The van der Waals surface area contributed by atoms with Gasteiger partial charge in [-0.15, -0.1) is 0 Å². The van der Waals surface area contributed by atoms with Crippen LogP contribution in [0.15, 0.2) is 0 Å². The molecule has 0 aromatic rings. The first-order valence-electron chi connectivity index (χ1n) is 2.84. The topological polar surface area (TPSA) is 50.2 Å². The fourth-order valence-corrected chi connectivity index (χ4v) is 0.504. The zero-order chi connectivity index (χ0) is 7.28. The molecule has 0 spiro atoms. The van der Waals surface area contributed by atoms with Gasteiger partial charge < -0.3 is 10.1 Å². The lowest BCUT2D eigenvalue weighted by atomic mass is 10.1. The minimum atomic E-state index is -0.352. The van der Waals surface area contributed by atoms with Crippen LogP contribution in [0, 0.1) is 11.3 Å². The van der Waals surface area contributed by atoms with Crippen LogP contribution in [0.3, 0.4) is 0 Å². The van der Waals surface area contributed by atoms with Crippen LogP contribution in [0.5, 0.6) is 0 Å². The SMILES string of the molecule is CC[C@H](C=N)C(=O)OC. The van der Waals surface area contributed by atoms with E-state index in [0.29, 0.717) is 6.42 Å². The summed E-state index contributed by atoms with van der Waals surface area (Å²) < 4.78 is 4.40. The largest absolute Gasteiger partial charge is 0.469 e. The third kappa shape index (κ3) is 2.26. The number of nitrogens with one attached hydrogen (secondary N) is 1. The number of hydrogen-bond acceptors (Lipinski definition) is 3. The van der Waals surface area contributed by atoms with Crippen molar-refractivity contribution in [3.63, 3.8) is 0 Å². The molecule has 9 heavy (non-hydrogen) atoms. The zero-order valence-corrected chi connectivity index (χ0v) is 5.68. The first-order chi connectivity index (χ1) is 4.26. The van der Waals surface area contributed by atoms with Crippen LogP contribution in [0.1, 0.15) is 13.3 Å². The first kappa shape index (κ1) is 8.14. The van der Waals surface area contributed by atoms with Crippen molar-refractivity contribution in [2.24, 2.45) is 5.92 Å². The molecular weight excluding hydrogens is 118 g/mol. The van der Waals surface area contributed by atoms with Gasteiger partial charge in [0, 0.05) is 6.21 Å². The van der Waals surface area contributed by atoms with Gasteiger partial charge in [0.25, 0.3) is 0 Å². The molecule has 0 fully saturated rings. The van der Waals surface area contributed by atoms with Gasteiger partial charge in [-0.05, 0) is 6.42 Å². The molecule has 0 saturated carbocycles. The van der Waals surface area contributed by atoms with Crippen LogP contribution in [0.25, 0.3) is 0 Å². The summed E-state index contributed by atoms with van der Waals surface area (Å²) in [5, 5.41) is 6.77. The van der Waals surface area contributed by atoms with Crippen molar-refractivity contribution in [2.75, 3.05) is 7.11 Å². The minimum Gasteiger partial charge on any atom is -0.469 e. The standard InChI is InChI=1S/C6H11NO2/c1-3-5(4-7)6(8)9-2/h4-5,7H,3H2,1-2H3/t5-/m1/s1. The predicted molar refractivity (Wildman–Crippen MR) is 34.6 cm³/mol. The number of methoxy groups -OCH3 is 1. The summed E-state index contributed by atoms with van der Waals surface area (Å²) >= 11 is 0. The average Bonchev–Trinajstić information content (AvgIpc) is 1.90. The Morgan fingerprint density at radius 1 is 1.89 bits per heavy atom. The summed E-state index contributed by atoms with van der Waals surface area (Å²) in [7, 11) is 1.33. The molecule has 0 rings (SSSR count). The van der Waals surface area contributed by atoms with Crippen LogP contribution in [-0.4, -0.2) is 19.3 Å². The van der Waals surface area contributed by atoms with Crippen LogP contribution < -0.4 is 0 Å². The fraction of sp³-hybridized carbons (Fsp3) is 0.667. The maximum absolute atomic E-state index is 10.6. The van der Waals surface area contributed by atoms with Gasteiger partial charge in [0.2, 0.25) is 0 Å². The second-order valence-electron chi connectivity index (χ2n) is 1.70. The quantitative estimate of drug-likeness (QED) is 0.453. The second-order valence-corrected chi connectivity index (χ2v) is 1.70. The van der Waals surface area contributed by atoms with Gasteiger partial charge in [0.1, 0.15) is 0 Å². The Bertz CT molecular complexity index is 112. The third-order valence-electron chi connectivity index (χ3n) is 1.14. The second kappa shape index (κ2) is 4.06. The van der Waals surface area contributed by atoms with Gasteiger partial charge in [-0.1, -0.05) is 6.92 Å². The molecule has 0 aliphatic rings. The Labute approximate surface area is 54.5 Å². The van der Waals surface area contributed by atoms with Crippen molar-refractivity contribution in [1.29, 1.82) is 5.41 Å². The van der Waals surface area contributed by atoms with E-state index in [4.69, 9.17) is 5.41 Å². The van der Waals surface area contributed by atoms with E-state index < -0.39 is 0 Å². The van der Waals surface area contributed by atoms with Crippen molar-refractivity contribution in [1.82, 2.24) is 0 Å². The fourth-order valence-electron chi connectivity index (χ4n) is 0.504. The number of hydrogen-bond donors (Lipinski definition) is 1. The van der Waals surface area contributed by atoms with E-state index >= 15 is 0 Å². The highest BCUT2D eigenvalue weighted by Gasteiger charge is 2.12. The average molecular weight is 129 g/mol. The molecule has 3 nitrogen and oxygen atoms in total. The van der Waals surface area contributed by atoms with Crippen molar-refractivity contribution >= 4 is 12.2 Å². The molecule has 0 aromatic carbocycles. The summed E-state index contributed by atoms with van der Waals surface area (Å²) in [5.41, 5.74) is 0. The Balaban J connectivity index is 3.78. The molecule has 0 heterocycles. The van der Waals surface area contributed by atoms with E-state index in [1.807, 2.05) is 6.92 Å². The smallest absolute Gasteiger partial charge is 0.314 e. The molecule has 3 heteroatoms. The van der Waals surface area contributed by atoms with Gasteiger partial charge in [-0.3, -0.25) is 4.79 Å². The zero-order valence-electron chi connectivity index (χ0n) is 5.68. The summed E-state index contributed by atoms with van der Waals surface area (Å²) in [6, 6.07) is 0. The van der Waals surface area contributed by atoms with E-state index in [1.54, 1.807) is 0 Å². The molecule has 52 valence electrons. The molecule has 0 aromatic heterocycles. The lowest BCUT2D eigenvalue weighted by Crippen LogP contribution is -2.15. The highest BCUT2D eigenvalue weighted by Crippen LogP contribution is 1.99. The summed E-state index contributed by atoms with van der Waals surface area (Å²) in [4.78, 5) is 10.6. The molecule has 0 aliphatic heterocycles. The summed E-state index contributed by atoms with van der Waals surface area (Å²) in [5.74, 6) is -0.678. The molecule has 0 amide bonds. The lowest BCUT2D eigenvalue weighted by Gasteiger charge is -2.03. The predicted octanol–water partition coefficient (Wildman–Crippen LogP) is 0.835. The molecule has 1 N–H and O–H groups in total. The van der Waals surface area contributed by atoms with Crippen LogP contribution >= 0.6 is 0 Å². The lowest BCUT2D eigenvalue weighted by molar-refractivity contribution is -0.142. The number of carbonyl (C=O) groups excluding carboxylic acids is 1. The number of rotatable bonds is 3. The molecule has 0 radical (unpaired) electrons. The van der Waals surface area contributed by atoms with Gasteiger partial charge in [0.05, 0.1) is 13.0 Å². The van der Waals surface area contributed by atoms with E-state index in [2.05, 4.69) is 4.74 Å². The van der Waals surface area contributed by atoms with Gasteiger partial charge in [-0.25, -0.2) is 0 Å². The van der Waals surface area contributed by atoms with Gasteiger partial charge in [0.15, 0.2) is 0 Å². The van der Waals surface area contributed by atoms with Gasteiger partial charge in [-0.2, -0.15) is 0 Å². The summed E-state index contributed by atoms with van der Waals surface area (Å²) in [6.45, 7) is 1.84. The molecule has 0 bridgehead atoms. The minimum absolute atomic E-state index is 0.326. The Morgan fingerprint density at radius 2 is 2.44 bits per heavy atom. The number of ether oxygens (including phenoxy) is 1. The van der Waals surface area contributed by atoms with Crippen LogP contribution in [0.4, 0.5) is 0 Å². The van der Waals surface area contributed by atoms with Crippen LogP contribution in [-0.2, 0) is 9.53 Å². The Morgan fingerprint density at radius 3 is 2.56 bits per heavy atom. The molecular formula is C6H11NO2. The monoisotopic (exact) mass is 129 g/mol.